The van der Waals surface area contributed by atoms with Crippen LogP contribution in [0, 0.1) is 11.7 Å². The van der Waals surface area contributed by atoms with Crippen molar-refractivity contribution in [2.75, 3.05) is 14.1 Å². The number of likely N-dealkylation sites (N-methyl/N-ethyl adjacent to an activating group) is 1. The summed E-state index contributed by atoms with van der Waals surface area (Å²) in [5.41, 5.74) is 0.580. The molecule has 0 saturated heterocycles. The smallest absolute Gasteiger partial charge is 0.239 e. The van der Waals surface area contributed by atoms with Crippen molar-refractivity contribution in [1.82, 2.24) is 10.2 Å². The van der Waals surface area contributed by atoms with E-state index in [2.05, 4.69) is 19.2 Å². The highest BCUT2D eigenvalue weighted by Gasteiger charge is 2.24. The second kappa shape index (κ2) is 7.41. The van der Waals surface area contributed by atoms with Crippen molar-refractivity contribution in [3.63, 3.8) is 0 Å². The fourth-order valence-corrected chi connectivity index (χ4v) is 2.30. The number of hydrogen-bond acceptors (Lipinski definition) is 3. The molecule has 1 aromatic rings. The molecule has 118 valence electrons. The van der Waals surface area contributed by atoms with E-state index >= 15 is 0 Å². The van der Waals surface area contributed by atoms with Crippen LogP contribution in [0.1, 0.15) is 38.8 Å². The van der Waals surface area contributed by atoms with Crippen molar-refractivity contribution in [3.05, 3.63) is 29.6 Å². The van der Waals surface area contributed by atoms with Gasteiger partial charge in [0.1, 0.15) is 11.6 Å². The fraction of sp³-hybridized carbons (Fsp3) is 0.562. The zero-order valence-corrected chi connectivity index (χ0v) is 13.4. The average Bonchev–Trinajstić information content (AvgIpc) is 2.36. The summed E-state index contributed by atoms with van der Waals surface area (Å²) in [5.74, 6) is -0.222. The minimum atomic E-state index is -0.480. The number of halogens is 1. The molecular weight excluding hydrogens is 271 g/mol. The zero-order chi connectivity index (χ0) is 16.2. The van der Waals surface area contributed by atoms with Gasteiger partial charge in [-0.25, -0.2) is 4.39 Å². The SMILES string of the molecule is CC(C)CC(NC(C)c1ccc(F)cc1O)C(=O)N(C)C. The van der Waals surface area contributed by atoms with Crippen LogP contribution >= 0.6 is 0 Å². The van der Waals surface area contributed by atoms with Crippen molar-refractivity contribution in [2.45, 2.75) is 39.3 Å². The van der Waals surface area contributed by atoms with Crippen molar-refractivity contribution >= 4 is 5.91 Å². The minimum absolute atomic E-state index is 0.00264. The van der Waals surface area contributed by atoms with Crippen LogP contribution < -0.4 is 5.32 Å². The molecule has 0 fully saturated rings. The largest absolute Gasteiger partial charge is 0.508 e. The first kappa shape index (κ1) is 17.4. The van der Waals surface area contributed by atoms with E-state index in [1.54, 1.807) is 19.0 Å². The molecule has 0 bridgehead atoms. The highest BCUT2D eigenvalue weighted by molar-refractivity contribution is 5.81. The number of phenolic OH excluding ortho intramolecular Hbond substituents is 1. The number of hydrogen-bond donors (Lipinski definition) is 2. The highest BCUT2D eigenvalue weighted by atomic mass is 19.1. The maximum Gasteiger partial charge on any atom is 0.239 e. The summed E-state index contributed by atoms with van der Waals surface area (Å²) in [7, 11) is 3.44. The number of nitrogens with one attached hydrogen (secondary N) is 1. The van der Waals surface area contributed by atoms with Gasteiger partial charge in [0.25, 0.3) is 0 Å². The van der Waals surface area contributed by atoms with Gasteiger partial charge in [0.05, 0.1) is 6.04 Å². The van der Waals surface area contributed by atoms with Crippen LogP contribution in [0.25, 0.3) is 0 Å². The Balaban J connectivity index is 2.89. The number of rotatable bonds is 6. The molecule has 2 atom stereocenters. The molecule has 2 N–H and O–H groups in total. The molecule has 0 radical (unpaired) electrons. The van der Waals surface area contributed by atoms with E-state index in [9.17, 15) is 14.3 Å². The molecular formula is C16H25FN2O2. The molecule has 21 heavy (non-hydrogen) atoms. The van der Waals surface area contributed by atoms with Gasteiger partial charge in [0.15, 0.2) is 0 Å². The van der Waals surface area contributed by atoms with Crippen molar-refractivity contribution in [2.24, 2.45) is 5.92 Å². The number of aromatic hydroxyl groups is 1. The van der Waals surface area contributed by atoms with Gasteiger partial charge in [-0.1, -0.05) is 19.9 Å². The number of carbonyl (C=O) groups excluding carboxylic acids is 1. The van der Waals surface area contributed by atoms with E-state index in [1.807, 2.05) is 6.92 Å². The van der Waals surface area contributed by atoms with Crippen LogP contribution in [0.3, 0.4) is 0 Å². The molecule has 5 heteroatoms. The Labute approximate surface area is 126 Å². The maximum atomic E-state index is 13.0. The Hall–Kier alpha value is -1.62. The van der Waals surface area contributed by atoms with Crippen LogP contribution in [0.15, 0.2) is 18.2 Å². The lowest BCUT2D eigenvalue weighted by Gasteiger charge is -2.27. The number of amides is 1. The molecule has 1 aromatic carbocycles. The van der Waals surface area contributed by atoms with Crippen molar-refractivity contribution < 1.29 is 14.3 Å². The van der Waals surface area contributed by atoms with Gasteiger partial charge in [0, 0.05) is 31.8 Å². The molecule has 0 saturated carbocycles. The molecule has 0 aliphatic heterocycles. The van der Waals surface area contributed by atoms with Gasteiger partial charge in [-0.2, -0.15) is 0 Å². The van der Waals surface area contributed by atoms with E-state index in [0.29, 0.717) is 17.9 Å². The third kappa shape index (κ3) is 5.01. The summed E-state index contributed by atoms with van der Waals surface area (Å²) < 4.78 is 13.0. The Morgan fingerprint density at radius 2 is 1.95 bits per heavy atom. The lowest BCUT2D eigenvalue weighted by molar-refractivity contribution is -0.131. The number of phenols is 1. The number of benzene rings is 1. The molecule has 0 aliphatic rings. The average molecular weight is 296 g/mol. The standard InChI is InChI=1S/C16H25FN2O2/c1-10(2)8-14(16(21)19(4)5)18-11(3)13-7-6-12(17)9-15(13)20/h6-7,9-11,14,18,20H,8H2,1-5H3. The Bertz CT molecular complexity index is 489. The Morgan fingerprint density at radius 3 is 2.43 bits per heavy atom. The van der Waals surface area contributed by atoms with Gasteiger partial charge in [-0.15, -0.1) is 0 Å². The van der Waals surface area contributed by atoms with Gasteiger partial charge >= 0.3 is 0 Å². The van der Waals surface area contributed by atoms with Crippen LogP contribution in [0.5, 0.6) is 5.75 Å². The first-order chi connectivity index (χ1) is 9.72. The predicted molar refractivity (Wildman–Crippen MR) is 81.6 cm³/mol. The lowest BCUT2D eigenvalue weighted by Crippen LogP contribution is -2.45. The van der Waals surface area contributed by atoms with Gasteiger partial charge in [-0.3, -0.25) is 10.1 Å². The summed E-state index contributed by atoms with van der Waals surface area (Å²) in [6.07, 6.45) is 0.698. The quantitative estimate of drug-likeness (QED) is 0.848. The summed E-state index contributed by atoms with van der Waals surface area (Å²) in [5, 5.41) is 13.1. The van der Waals surface area contributed by atoms with Gasteiger partial charge < -0.3 is 10.0 Å². The first-order valence-electron chi connectivity index (χ1n) is 7.18. The van der Waals surface area contributed by atoms with E-state index < -0.39 is 5.82 Å². The van der Waals surface area contributed by atoms with Gasteiger partial charge in [0.2, 0.25) is 5.91 Å². The second-order valence-corrected chi connectivity index (χ2v) is 6.01. The van der Waals surface area contributed by atoms with Gasteiger partial charge in [-0.05, 0) is 25.3 Å². The predicted octanol–water partition coefficient (Wildman–Crippen LogP) is 2.68. The van der Waals surface area contributed by atoms with E-state index in [1.165, 1.54) is 12.1 Å². The summed E-state index contributed by atoms with van der Waals surface area (Å²) in [6, 6.07) is 3.34. The van der Waals surface area contributed by atoms with Crippen molar-refractivity contribution in [1.29, 1.82) is 0 Å². The fourth-order valence-electron chi connectivity index (χ4n) is 2.30. The van der Waals surface area contributed by atoms with Crippen LogP contribution in [-0.2, 0) is 4.79 Å². The normalized spacial score (nSPS) is 14.0. The third-order valence-corrected chi connectivity index (χ3v) is 3.36. The van der Waals surface area contributed by atoms with Crippen LogP contribution in [-0.4, -0.2) is 36.1 Å². The Kier molecular flexibility index (Phi) is 6.15. The lowest BCUT2D eigenvalue weighted by atomic mass is 10.00. The number of nitrogens with zero attached hydrogens (tertiary/aromatic N) is 1. The highest BCUT2D eigenvalue weighted by Crippen LogP contribution is 2.25. The topological polar surface area (TPSA) is 52.6 Å². The molecule has 0 heterocycles. The summed E-state index contributed by atoms with van der Waals surface area (Å²) >= 11 is 0. The number of carbonyl (C=O) groups is 1. The molecule has 2 unspecified atom stereocenters. The molecule has 1 rings (SSSR count). The van der Waals surface area contributed by atoms with Crippen LogP contribution in [0.2, 0.25) is 0 Å². The molecule has 0 aliphatic carbocycles. The molecule has 0 aromatic heterocycles. The maximum absolute atomic E-state index is 13.0. The summed E-state index contributed by atoms with van der Waals surface area (Å²) in [6.45, 7) is 5.96. The molecule has 0 spiro atoms. The molecule has 1 amide bonds. The van der Waals surface area contributed by atoms with E-state index in [-0.39, 0.29) is 23.7 Å². The molecule has 4 nitrogen and oxygen atoms in total. The summed E-state index contributed by atoms with van der Waals surface area (Å²) in [4.78, 5) is 13.8. The van der Waals surface area contributed by atoms with E-state index in [0.717, 1.165) is 6.07 Å². The second-order valence-electron chi connectivity index (χ2n) is 6.01. The minimum Gasteiger partial charge on any atom is -0.508 e. The van der Waals surface area contributed by atoms with E-state index in [4.69, 9.17) is 0 Å². The monoisotopic (exact) mass is 296 g/mol. The first-order valence-corrected chi connectivity index (χ1v) is 7.18. The van der Waals surface area contributed by atoms with Crippen molar-refractivity contribution in [3.8, 4) is 5.75 Å². The third-order valence-electron chi connectivity index (χ3n) is 3.36. The Morgan fingerprint density at radius 1 is 1.33 bits per heavy atom. The van der Waals surface area contributed by atoms with Crippen LogP contribution in [0.4, 0.5) is 4.39 Å². The zero-order valence-electron chi connectivity index (χ0n) is 13.4.